The summed E-state index contributed by atoms with van der Waals surface area (Å²) in [6.07, 6.45) is 8.27. The first-order valence-corrected chi connectivity index (χ1v) is 8.88. The van der Waals surface area contributed by atoms with Gasteiger partial charge >= 0.3 is 0 Å². The number of likely N-dealkylation sites (tertiary alicyclic amines) is 1. The average Bonchev–Trinajstić information content (AvgIpc) is 3.00. The summed E-state index contributed by atoms with van der Waals surface area (Å²) >= 11 is 0. The van der Waals surface area contributed by atoms with Crippen molar-refractivity contribution in [1.82, 2.24) is 19.4 Å². The lowest BCUT2D eigenvalue weighted by atomic mass is 9.93. The molecule has 2 aromatic heterocycles. The summed E-state index contributed by atoms with van der Waals surface area (Å²) in [5, 5.41) is 0. The fourth-order valence-electron chi connectivity index (χ4n) is 3.43. The molecule has 0 unspecified atom stereocenters. The molecule has 0 radical (unpaired) electrons. The van der Waals surface area contributed by atoms with Gasteiger partial charge in [0, 0.05) is 57.4 Å². The lowest BCUT2D eigenvalue weighted by Gasteiger charge is -2.32. The molecule has 3 heterocycles. The van der Waals surface area contributed by atoms with Gasteiger partial charge in [-0.05, 0) is 37.8 Å². The number of piperidine rings is 1. The van der Waals surface area contributed by atoms with Crippen molar-refractivity contribution in [1.29, 1.82) is 0 Å². The quantitative estimate of drug-likeness (QED) is 0.808. The van der Waals surface area contributed by atoms with Crippen molar-refractivity contribution in [2.75, 3.05) is 26.8 Å². The molecule has 1 amide bonds. The molecular formula is C19H26N4O2. The second-order valence-corrected chi connectivity index (χ2v) is 6.64. The van der Waals surface area contributed by atoms with Gasteiger partial charge in [0.2, 0.25) is 0 Å². The highest BCUT2D eigenvalue weighted by atomic mass is 16.5. The smallest absolute Gasteiger partial charge is 0.255 e. The second kappa shape index (κ2) is 8.25. The van der Waals surface area contributed by atoms with E-state index < -0.39 is 0 Å². The number of rotatable bonds is 6. The number of aromatic nitrogens is 3. The van der Waals surface area contributed by atoms with Crippen LogP contribution in [0.1, 0.15) is 34.7 Å². The third kappa shape index (κ3) is 4.25. The maximum Gasteiger partial charge on any atom is 0.255 e. The summed E-state index contributed by atoms with van der Waals surface area (Å²) in [6.45, 7) is 5.23. The van der Waals surface area contributed by atoms with Crippen molar-refractivity contribution in [3.05, 3.63) is 47.8 Å². The number of hydrogen-bond acceptors (Lipinski definition) is 4. The van der Waals surface area contributed by atoms with Crippen LogP contribution in [0.2, 0.25) is 0 Å². The van der Waals surface area contributed by atoms with E-state index in [0.717, 1.165) is 44.7 Å². The van der Waals surface area contributed by atoms with Gasteiger partial charge < -0.3 is 14.2 Å². The Bertz CT molecular complexity index is 691. The first kappa shape index (κ1) is 17.6. The molecule has 0 saturated carbocycles. The molecule has 6 nitrogen and oxygen atoms in total. The van der Waals surface area contributed by atoms with Gasteiger partial charge in [-0.15, -0.1) is 0 Å². The predicted molar refractivity (Wildman–Crippen MR) is 95.4 cm³/mol. The van der Waals surface area contributed by atoms with E-state index in [-0.39, 0.29) is 5.91 Å². The zero-order chi connectivity index (χ0) is 17.6. The number of imidazole rings is 1. The van der Waals surface area contributed by atoms with Gasteiger partial charge in [-0.25, -0.2) is 4.98 Å². The molecule has 0 bridgehead atoms. The fourth-order valence-corrected chi connectivity index (χ4v) is 3.43. The Kier molecular flexibility index (Phi) is 5.81. The third-order valence-electron chi connectivity index (χ3n) is 4.94. The topological polar surface area (TPSA) is 60.2 Å². The SMILES string of the molecule is COCCn1c(C)cnc1CC1CCN(C(=O)c2cccnc2)CC1. The zero-order valence-electron chi connectivity index (χ0n) is 15.0. The van der Waals surface area contributed by atoms with Gasteiger partial charge in [-0.1, -0.05) is 0 Å². The molecule has 0 N–H and O–H groups in total. The normalized spacial score (nSPS) is 15.5. The lowest BCUT2D eigenvalue weighted by molar-refractivity contribution is 0.0689. The highest BCUT2D eigenvalue weighted by Crippen LogP contribution is 2.23. The van der Waals surface area contributed by atoms with Crippen LogP contribution in [0, 0.1) is 12.8 Å². The summed E-state index contributed by atoms with van der Waals surface area (Å²) in [4.78, 5) is 23.1. The van der Waals surface area contributed by atoms with Crippen LogP contribution < -0.4 is 0 Å². The van der Waals surface area contributed by atoms with Crippen LogP contribution in [0.3, 0.4) is 0 Å². The zero-order valence-corrected chi connectivity index (χ0v) is 15.0. The molecule has 0 spiro atoms. The second-order valence-electron chi connectivity index (χ2n) is 6.64. The number of amides is 1. The number of ether oxygens (including phenoxy) is 1. The molecule has 1 saturated heterocycles. The monoisotopic (exact) mass is 342 g/mol. The van der Waals surface area contributed by atoms with Crippen LogP contribution in [0.25, 0.3) is 0 Å². The van der Waals surface area contributed by atoms with E-state index >= 15 is 0 Å². The Labute approximate surface area is 148 Å². The largest absolute Gasteiger partial charge is 0.383 e. The number of nitrogens with zero attached hydrogens (tertiary/aromatic N) is 4. The molecule has 134 valence electrons. The maximum atomic E-state index is 12.5. The molecule has 0 aromatic carbocycles. The highest BCUT2D eigenvalue weighted by molar-refractivity contribution is 5.93. The molecule has 1 fully saturated rings. The van der Waals surface area contributed by atoms with Crippen molar-refractivity contribution in [2.45, 2.75) is 32.7 Å². The summed E-state index contributed by atoms with van der Waals surface area (Å²) in [5.41, 5.74) is 1.85. The molecule has 0 atom stereocenters. The molecule has 6 heteroatoms. The van der Waals surface area contributed by atoms with E-state index in [1.54, 1.807) is 19.5 Å². The lowest BCUT2D eigenvalue weighted by Crippen LogP contribution is -2.39. The minimum atomic E-state index is 0.0870. The van der Waals surface area contributed by atoms with Crippen molar-refractivity contribution in [3.8, 4) is 0 Å². The van der Waals surface area contributed by atoms with Crippen LogP contribution in [0.15, 0.2) is 30.7 Å². The van der Waals surface area contributed by atoms with Crippen LogP contribution in [0.5, 0.6) is 0 Å². The molecule has 0 aliphatic carbocycles. The maximum absolute atomic E-state index is 12.5. The number of pyridine rings is 1. The Morgan fingerprint density at radius 2 is 2.12 bits per heavy atom. The van der Waals surface area contributed by atoms with Gasteiger partial charge in [-0.2, -0.15) is 0 Å². The first-order chi connectivity index (χ1) is 12.2. The predicted octanol–water partition coefficient (Wildman–Crippen LogP) is 2.33. The van der Waals surface area contributed by atoms with Gasteiger partial charge in [0.15, 0.2) is 0 Å². The van der Waals surface area contributed by atoms with E-state index in [1.807, 2.05) is 23.2 Å². The Morgan fingerprint density at radius 3 is 2.80 bits per heavy atom. The average molecular weight is 342 g/mol. The Morgan fingerprint density at radius 1 is 1.32 bits per heavy atom. The number of methoxy groups -OCH3 is 1. The van der Waals surface area contributed by atoms with E-state index in [0.29, 0.717) is 18.1 Å². The van der Waals surface area contributed by atoms with Crippen molar-refractivity contribution in [2.24, 2.45) is 5.92 Å². The van der Waals surface area contributed by atoms with E-state index in [4.69, 9.17) is 4.74 Å². The summed E-state index contributed by atoms with van der Waals surface area (Å²) in [7, 11) is 1.72. The fraction of sp³-hybridized carbons (Fsp3) is 0.526. The number of carbonyl (C=O) groups excluding carboxylic acids is 1. The number of aryl methyl sites for hydroxylation is 1. The minimum absolute atomic E-state index is 0.0870. The third-order valence-corrected chi connectivity index (χ3v) is 4.94. The van der Waals surface area contributed by atoms with Crippen LogP contribution in [-0.2, 0) is 17.7 Å². The molecule has 25 heavy (non-hydrogen) atoms. The van der Waals surface area contributed by atoms with E-state index in [9.17, 15) is 4.79 Å². The van der Waals surface area contributed by atoms with Gasteiger partial charge in [0.1, 0.15) is 5.82 Å². The van der Waals surface area contributed by atoms with Crippen LogP contribution >= 0.6 is 0 Å². The number of hydrogen-bond donors (Lipinski definition) is 0. The minimum Gasteiger partial charge on any atom is -0.383 e. The Balaban J connectivity index is 1.56. The van der Waals surface area contributed by atoms with E-state index in [1.165, 1.54) is 5.69 Å². The molecule has 3 rings (SSSR count). The summed E-state index contributed by atoms with van der Waals surface area (Å²) < 4.78 is 7.45. The molecule has 2 aromatic rings. The summed E-state index contributed by atoms with van der Waals surface area (Å²) in [6, 6.07) is 3.64. The van der Waals surface area contributed by atoms with Crippen LogP contribution in [-0.4, -0.2) is 52.1 Å². The number of carbonyl (C=O) groups is 1. The van der Waals surface area contributed by atoms with Gasteiger partial charge in [-0.3, -0.25) is 9.78 Å². The van der Waals surface area contributed by atoms with Crippen molar-refractivity contribution in [3.63, 3.8) is 0 Å². The summed E-state index contributed by atoms with van der Waals surface area (Å²) in [5.74, 6) is 1.79. The van der Waals surface area contributed by atoms with Crippen molar-refractivity contribution < 1.29 is 9.53 Å². The van der Waals surface area contributed by atoms with Crippen LogP contribution in [0.4, 0.5) is 0 Å². The van der Waals surface area contributed by atoms with Gasteiger partial charge in [0.25, 0.3) is 5.91 Å². The molecule has 1 aliphatic heterocycles. The highest BCUT2D eigenvalue weighted by Gasteiger charge is 2.25. The first-order valence-electron chi connectivity index (χ1n) is 8.88. The van der Waals surface area contributed by atoms with Gasteiger partial charge in [0.05, 0.1) is 12.2 Å². The standard InChI is InChI=1S/C19H26N4O2/c1-15-13-21-18(23(15)10-11-25-2)12-16-5-8-22(9-6-16)19(24)17-4-3-7-20-14-17/h3-4,7,13-14,16H,5-6,8-12H2,1-2H3. The molecular weight excluding hydrogens is 316 g/mol. The van der Waals surface area contributed by atoms with Crippen molar-refractivity contribution >= 4 is 5.91 Å². The molecule has 1 aliphatic rings. The Hall–Kier alpha value is -2.21. The van der Waals surface area contributed by atoms with E-state index in [2.05, 4.69) is 21.5 Å².